The zero-order valence-electron chi connectivity index (χ0n) is 16.9. The van der Waals surface area contributed by atoms with Crippen LogP contribution >= 0.6 is 0 Å². The molecule has 1 atom stereocenters. The molecule has 2 aliphatic heterocycles. The SMILES string of the molecule is Cc1noc(C)c1CC(=O)N1CCCC[C@@H]1c1cc(C(=O)N2CCOCC2)n[nH]1. The van der Waals surface area contributed by atoms with Crippen LogP contribution in [0.5, 0.6) is 0 Å². The third kappa shape index (κ3) is 4.05. The summed E-state index contributed by atoms with van der Waals surface area (Å²) in [6.45, 7) is 6.63. The zero-order valence-corrected chi connectivity index (χ0v) is 16.9. The Kier molecular flexibility index (Phi) is 5.66. The fourth-order valence-corrected chi connectivity index (χ4v) is 4.11. The van der Waals surface area contributed by atoms with Crippen molar-refractivity contribution in [3.63, 3.8) is 0 Å². The maximum absolute atomic E-state index is 13.1. The molecule has 2 saturated heterocycles. The number of carbonyl (C=O) groups is 2. The number of morpholine rings is 1. The maximum Gasteiger partial charge on any atom is 0.274 e. The van der Waals surface area contributed by atoms with Crippen LogP contribution in [0.25, 0.3) is 0 Å². The summed E-state index contributed by atoms with van der Waals surface area (Å²) in [4.78, 5) is 29.4. The fourth-order valence-electron chi connectivity index (χ4n) is 4.11. The molecule has 0 aromatic carbocycles. The predicted octanol–water partition coefficient (Wildman–Crippen LogP) is 1.78. The highest BCUT2D eigenvalue weighted by molar-refractivity contribution is 5.92. The highest BCUT2D eigenvalue weighted by Crippen LogP contribution is 2.31. The molecule has 2 aliphatic rings. The number of nitrogens with one attached hydrogen (secondary N) is 1. The van der Waals surface area contributed by atoms with Gasteiger partial charge in [-0.3, -0.25) is 14.7 Å². The minimum Gasteiger partial charge on any atom is -0.378 e. The lowest BCUT2D eigenvalue weighted by Crippen LogP contribution is -2.41. The summed E-state index contributed by atoms with van der Waals surface area (Å²) >= 11 is 0. The number of nitrogens with zero attached hydrogens (tertiary/aromatic N) is 4. The lowest BCUT2D eigenvalue weighted by atomic mass is 9.97. The molecule has 9 nitrogen and oxygen atoms in total. The van der Waals surface area contributed by atoms with E-state index in [2.05, 4.69) is 15.4 Å². The number of hydrogen-bond donors (Lipinski definition) is 1. The molecule has 4 heterocycles. The third-order valence-electron chi connectivity index (χ3n) is 5.81. The molecule has 1 N–H and O–H groups in total. The summed E-state index contributed by atoms with van der Waals surface area (Å²) in [5.41, 5.74) is 2.82. The van der Waals surface area contributed by atoms with E-state index in [0.29, 0.717) is 44.3 Å². The van der Waals surface area contributed by atoms with Gasteiger partial charge in [0.2, 0.25) is 5.91 Å². The van der Waals surface area contributed by atoms with Crippen LogP contribution in [-0.2, 0) is 16.0 Å². The second kappa shape index (κ2) is 8.36. The number of likely N-dealkylation sites (tertiary alicyclic amines) is 1. The van der Waals surface area contributed by atoms with Crippen molar-refractivity contribution in [3.05, 3.63) is 34.5 Å². The predicted molar refractivity (Wildman–Crippen MR) is 103 cm³/mol. The van der Waals surface area contributed by atoms with Crippen molar-refractivity contribution in [1.29, 1.82) is 0 Å². The average molecular weight is 401 g/mol. The quantitative estimate of drug-likeness (QED) is 0.837. The van der Waals surface area contributed by atoms with E-state index in [9.17, 15) is 9.59 Å². The largest absolute Gasteiger partial charge is 0.378 e. The van der Waals surface area contributed by atoms with Crippen LogP contribution in [0.2, 0.25) is 0 Å². The molecule has 4 rings (SSSR count). The van der Waals surface area contributed by atoms with Crippen LogP contribution in [0.4, 0.5) is 0 Å². The Labute approximate surface area is 169 Å². The summed E-state index contributed by atoms with van der Waals surface area (Å²) in [6, 6.07) is 1.69. The second-order valence-electron chi connectivity index (χ2n) is 7.69. The first-order valence-corrected chi connectivity index (χ1v) is 10.2. The van der Waals surface area contributed by atoms with Gasteiger partial charge < -0.3 is 19.1 Å². The molecular weight excluding hydrogens is 374 g/mol. The second-order valence-corrected chi connectivity index (χ2v) is 7.69. The molecule has 0 radical (unpaired) electrons. The lowest BCUT2D eigenvalue weighted by Gasteiger charge is -2.35. The van der Waals surface area contributed by atoms with E-state index in [1.165, 1.54) is 0 Å². The molecule has 0 saturated carbocycles. The number of rotatable bonds is 4. The Balaban J connectivity index is 1.49. The molecule has 2 fully saturated rings. The van der Waals surface area contributed by atoms with E-state index in [1.807, 2.05) is 18.7 Å². The van der Waals surface area contributed by atoms with E-state index in [1.54, 1.807) is 11.0 Å². The van der Waals surface area contributed by atoms with Gasteiger partial charge in [-0.05, 0) is 39.2 Å². The molecule has 0 spiro atoms. The minimum atomic E-state index is -0.101. The number of hydrogen-bond acceptors (Lipinski definition) is 6. The van der Waals surface area contributed by atoms with Gasteiger partial charge in [0.25, 0.3) is 5.91 Å². The Morgan fingerprint density at radius 2 is 2.00 bits per heavy atom. The number of aryl methyl sites for hydroxylation is 2. The van der Waals surface area contributed by atoms with E-state index in [-0.39, 0.29) is 24.3 Å². The van der Waals surface area contributed by atoms with Crippen LogP contribution in [0.3, 0.4) is 0 Å². The van der Waals surface area contributed by atoms with Crippen molar-refractivity contribution in [3.8, 4) is 0 Å². The van der Waals surface area contributed by atoms with E-state index < -0.39 is 0 Å². The summed E-state index contributed by atoms with van der Waals surface area (Å²) in [6.07, 6.45) is 3.12. The number of aromatic nitrogens is 3. The van der Waals surface area contributed by atoms with Gasteiger partial charge in [-0.25, -0.2) is 0 Å². The van der Waals surface area contributed by atoms with Crippen molar-refractivity contribution in [2.24, 2.45) is 0 Å². The van der Waals surface area contributed by atoms with Crippen molar-refractivity contribution in [1.82, 2.24) is 25.2 Å². The summed E-state index contributed by atoms with van der Waals surface area (Å²) in [5, 5.41) is 11.2. The Morgan fingerprint density at radius 1 is 1.21 bits per heavy atom. The Bertz CT molecular complexity index is 864. The van der Waals surface area contributed by atoms with Gasteiger partial charge in [0.05, 0.1) is 37.1 Å². The molecule has 2 aromatic rings. The number of aromatic amines is 1. The van der Waals surface area contributed by atoms with Crippen molar-refractivity contribution >= 4 is 11.8 Å². The minimum absolute atomic E-state index is 0.0414. The number of amides is 2. The summed E-state index contributed by atoms with van der Waals surface area (Å²) in [5.74, 6) is 0.629. The molecule has 0 unspecified atom stereocenters. The topological polar surface area (TPSA) is 105 Å². The first-order valence-electron chi connectivity index (χ1n) is 10.2. The normalized spacial score (nSPS) is 20.1. The van der Waals surface area contributed by atoms with Gasteiger partial charge in [0.1, 0.15) is 11.5 Å². The smallest absolute Gasteiger partial charge is 0.274 e. The molecular formula is C20H27N5O4. The molecule has 156 valence electrons. The number of carbonyl (C=O) groups excluding carboxylic acids is 2. The van der Waals surface area contributed by atoms with E-state index in [0.717, 1.165) is 36.2 Å². The van der Waals surface area contributed by atoms with Gasteiger partial charge in [-0.1, -0.05) is 5.16 Å². The van der Waals surface area contributed by atoms with Crippen LogP contribution in [0.1, 0.15) is 58.5 Å². The standard InChI is InChI=1S/C20H27N5O4/c1-13-15(14(2)29-23-13)11-19(26)25-6-4-3-5-18(25)16-12-17(22-21-16)20(27)24-7-9-28-10-8-24/h12,18H,3-11H2,1-2H3,(H,21,22)/t18-/m1/s1. The lowest BCUT2D eigenvalue weighted by molar-refractivity contribution is -0.134. The van der Waals surface area contributed by atoms with Gasteiger partial charge in [0, 0.05) is 25.2 Å². The van der Waals surface area contributed by atoms with Crippen LogP contribution < -0.4 is 0 Å². The average Bonchev–Trinajstić information content (AvgIpc) is 3.36. The number of ether oxygens (including phenoxy) is 1. The van der Waals surface area contributed by atoms with Crippen LogP contribution in [0.15, 0.2) is 10.6 Å². The molecule has 0 bridgehead atoms. The Hall–Kier alpha value is -2.68. The highest BCUT2D eigenvalue weighted by atomic mass is 16.5. The molecule has 29 heavy (non-hydrogen) atoms. The van der Waals surface area contributed by atoms with Crippen LogP contribution in [0, 0.1) is 13.8 Å². The van der Waals surface area contributed by atoms with E-state index in [4.69, 9.17) is 9.26 Å². The highest BCUT2D eigenvalue weighted by Gasteiger charge is 2.31. The van der Waals surface area contributed by atoms with Crippen molar-refractivity contribution < 1.29 is 18.8 Å². The van der Waals surface area contributed by atoms with Crippen molar-refractivity contribution in [2.75, 3.05) is 32.8 Å². The fraction of sp³-hybridized carbons (Fsp3) is 0.600. The molecule has 9 heteroatoms. The van der Waals surface area contributed by atoms with Crippen LogP contribution in [-0.4, -0.2) is 69.8 Å². The molecule has 0 aliphatic carbocycles. The molecule has 2 aromatic heterocycles. The third-order valence-corrected chi connectivity index (χ3v) is 5.81. The first kappa shape index (κ1) is 19.6. The summed E-state index contributed by atoms with van der Waals surface area (Å²) in [7, 11) is 0. The van der Waals surface area contributed by atoms with E-state index >= 15 is 0 Å². The summed E-state index contributed by atoms with van der Waals surface area (Å²) < 4.78 is 10.5. The Morgan fingerprint density at radius 3 is 2.72 bits per heavy atom. The van der Waals surface area contributed by atoms with Gasteiger partial charge in [-0.2, -0.15) is 5.10 Å². The first-order chi connectivity index (χ1) is 14.0. The molecule has 2 amide bonds. The van der Waals surface area contributed by atoms with Crippen molar-refractivity contribution in [2.45, 2.75) is 45.6 Å². The van der Waals surface area contributed by atoms with Gasteiger partial charge in [0.15, 0.2) is 0 Å². The maximum atomic E-state index is 13.1. The van der Waals surface area contributed by atoms with Gasteiger partial charge in [-0.15, -0.1) is 0 Å². The number of piperidine rings is 1. The monoisotopic (exact) mass is 401 g/mol. The zero-order chi connectivity index (χ0) is 20.4. The number of H-pyrrole nitrogens is 1. The van der Waals surface area contributed by atoms with Gasteiger partial charge >= 0.3 is 0 Å².